The van der Waals surface area contributed by atoms with Gasteiger partial charge in [-0.3, -0.25) is 9.59 Å². The number of amides is 2. The van der Waals surface area contributed by atoms with Crippen LogP contribution in [-0.4, -0.2) is 31.1 Å². The fourth-order valence-electron chi connectivity index (χ4n) is 2.04. The number of methoxy groups -OCH3 is 1. The van der Waals surface area contributed by atoms with Crippen LogP contribution in [-0.2, 0) is 9.59 Å². The van der Waals surface area contributed by atoms with E-state index in [0.717, 1.165) is 5.56 Å². The van der Waals surface area contributed by atoms with Crippen LogP contribution in [0.1, 0.15) is 21.5 Å². The van der Waals surface area contributed by atoms with Crippen LogP contribution in [0.15, 0.2) is 41.5 Å². The Bertz CT molecular complexity index is 927. The van der Waals surface area contributed by atoms with Gasteiger partial charge in [-0.1, -0.05) is 17.7 Å². The average molecular weight is 389 g/mol. The van der Waals surface area contributed by atoms with Gasteiger partial charge in [-0.05, 0) is 48.4 Å². The summed E-state index contributed by atoms with van der Waals surface area (Å²) in [4.78, 5) is 34.7. The number of hydrazone groups is 1. The second-order valence-electron chi connectivity index (χ2n) is 5.36. The Morgan fingerprint density at radius 3 is 2.52 bits per heavy atom. The molecule has 0 bridgehead atoms. The standard InChI is InChI=1S/C18H16ClN3O5/c1-10-3-5-12(8-14(10)19)21-16(23)17(24)22-20-9-11-4-6-15(27-2)13(7-11)18(25)26/h3-9H,1-2H3,(H,21,23)(H,22,24)(H,25,26)/p-1/b20-9-. The molecule has 2 amide bonds. The molecular weight excluding hydrogens is 374 g/mol. The van der Waals surface area contributed by atoms with Gasteiger partial charge in [0.1, 0.15) is 5.75 Å². The Kier molecular flexibility index (Phi) is 6.51. The highest BCUT2D eigenvalue weighted by molar-refractivity contribution is 6.39. The third-order valence-corrected chi connectivity index (χ3v) is 3.87. The van der Waals surface area contributed by atoms with E-state index in [9.17, 15) is 19.5 Å². The second-order valence-corrected chi connectivity index (χ2v) is 5.77. The highest BCUT2D eigenvalue weighted by Gasteiger charge is 2.13. The highest BCUT2D eigenvalue weighted by atomic mass is 35.5. The Hall–Kier alpha value is -3.39. The third-order valence-electron chi connectivity index (χ3n) is 3.46. The van der Waals surface area contributed by atoms with E-state index in [2.05, 4.69) is 10.4 Å². The van der Waals surface area contributed by atoms with Gasteiger partial charge in [0.15, 0.2) is 0 Å². The number of halogens is 1. The van der Waals surface area contributed by atoms with Gasteiger partial charge in [0.05, 0.1) is 19.3 Å². The Labute approximate surface area is 159 Å². The molecule has 9 heteroatoms. The molecule has 0 fully saturated rings. The number of aromatic carboxylic acids is 1. The van der Waals surface area contributed by atoms with Gasteiger partial charge in [0, 0.05) is 16.3 Å². The number of hydrogen-bond donors (Lipinski definition) is 2. The van der Waals surface area contributed by atoms with Crippen LogP contribution in [0.5, 0.6) is 5.75 Å². The summed E-state index contributed by atoms with van der Waals surface area (Å²) >= 11 is 5.95. The number of nitrogens with zero attached hydrogens (tertiary/aromatic N) is 1. The minimum atomic E-state index is -1.41. The normalized spacial score (nSPS) is 10.5. The van der Waals surface area contributed by atoms with Crippen LogP contribution in [0.25, 0.3) is 0 Å². The van der Waals surface area contributed by atoms with Crippen LogP contribution in [0, 0.1) is 6.92 Å². The third kappa shape index (κ3) is 5.29. The topological polar surface area (TPSA) is 120 Å². The van der Waals surface area contributed by atoms with Crippen molar-refractivity contribution in [2.45, 2.75) is 6.92 Å². The zero-order valence-electron chi connectivity index (χ0n) is 14.4. The molecule has 0 aromatic heterocycles. The lowest BCUT2D eigenvalue weighted by molar-refractivity contribution is -0.255. The molecule has 27 heavy (non-hydrogen) atoms. The predicted molar refractivity (Wildman–Crippen MR) is 97.9 cm³/mol. The first-order chi connectivity index (χ1) is 12.8. The predicted octanol–water partition coefficient (Wildman–Crippen LogP) is 1.11. The summed E-state index contributed by atoms with van der Waals surface area (Å²) in [6.07, 6.45) is 1.18. The zero-order valence-corrected chi connectivity index (χ0v) is 15.2. The average Bonchev–Trinajstić information content (AvgIpc) is 2.64. The van der Waals surface area contributed by atoms with E-state index in [4.69, 9.17) is 16.3 Å². The van der Waals surface area contributed by atoms with Crippen LogP contribution >= 0.6 is 11.6 Å². The van der Waals surface area contributed by atoms with Crippen molar-refractivity contribution in [3.8, 4) is 5.75 Å². The summed E-state index contributed by atoms with van der Waals surface area (Å²) < 4.78 is 4.91. The number of aryl methyl sites for hydroxylation is 1. The molecule has 0 saturated heterocycles. The SMILES string of the molecule is COc1ccc(/C=N\NC(=O)C(=O)Nc2ccc(C)c(Cl)c2)cc1C(=O)[O-]. The minimum absolute atomic E-state index is 0.132. The summed E-state index contributed by atoms with van der Waals surface area (Å²) in [6, 6.07) is 9.03. The minimum Gasteiger partial charge on any atom is -0.545 e. The summed E-state index contributed by atoms with van der Waals surface area (Å²) in [6.45, 7) is 1.81. The molecule has 0 spiro atoms. The van der Waals surface area contributed by atoms with E-state index in [-0.39, 0.29) is 11.3 Å². The number of carboxylic acid groups (broad SMARTS) is 1. The second kappa shape index (κ2) is 8.81. The number of rotatable bonds is 5. The first kappa shape index (κ1) is 19.9. The van der Waals surface area contributed by atoms with Crippen LogP contribution in [0.2, 0.25) is 5.02 Å². The van der Waals surface area contributed by atoms with Crippen molar-refractivity contribution in [3.05, 3.63) is 58.1 Å². The Morgan fingerprint density at radius 2 is 1.89 bits per heavy atom. The van der Waals surface area contributed by atoms with E-state index in [0.29, 0.717) is 16.3 Å². The van der Waals surface area contributed by atoms with Crippen molar-refractivity contribution in [3.63, 3.8) is 0 Å². The van der Waals surface area contributed by atoms with Crippen molar-refractivity contribution in [1.29, 1.82) is 0 Å². The Morgan fingerprint density at radius 1 is 1.15 bits per heavy atom. The smallest absolute Gasteiger partial charge is 0.329 e. The molecule has 2 rings (SSSR count). The van der Waals surface area contributed by atoms with Crippen LogP contribution < -0.4 is 20.6 Å². The van der Waals surface area contributed by atoms with Gasteiger partial charge in [-0.2, -0.15) is 5.10 Å². The van der Waals surface area contributed by atoms with Gasteiger partial charge in [0.25, 0.3) is 0 Å². The molecule has 8 nitrogen and oxygen atoms in total. The number of hydrogen-bond acceptors (Lipinski definition) is 6. The largest absolute Gasteiger partial charge is 0.545 e. The van der Waals surface area contributed by atoms with E-state index in [1.165, 1.54) is 37.6 Å². The lowest BCUT2D eigenvalue weighted by atomic mass is 10.1. The number of carbonyl (C=O) groups excluding carboxylic acids is 3. The molecule has 0 heterocycles. The fourth-order valence-corrected chi connectivity index (χ4v) is 2.22. The van der Waals surface area contributed by atoms with E-state index < -0.39 is 17.8 Å². The van der Waals surface area contributed by atoms with Crippen molar-refractivity contribution in [2.24, 2.45) is 5.10 Å². The van der Waals surface area contributed by atoms with Gasteiger partial charge in [0.2, 0.25) is 0 Å². The first-order valence-electron chi connectivity index (χ1n) is 7.61. The van der Waals surface area contributed by atoms with Gasteiger partial charge < -0.3 is 20.0 Å². The van der Waals surface area contributed by atoms with Crippen molar-refractivity contribution in [1.82, 2.24) is 5.43 Å². The molecule has 2 aromatic carbocycles. The highest BCUT2D eigenvalue weighted by Crippen LogP contribution is 2.20. The molecule has 0 unspecified atom stereocenters. The number of nitrogens with one attached hydrogen (secondary N) is 2. The molecule has 0 aliphatic carbocycles. The molecule has 2 N–H and O–H groups in total. The maximum absolute atomic E-state index is 11.8. The molecular formula is C18H15ClN3O5-. The van der Waals surface area contributed by atoms with Crippen molar-refractivity contribution in [2.75, 3.05) is 12.4 Å². The number of carbonyl (C=O) groups is 3. The molecule has 2 aromatic rings. The number of carboxylic acids is 1. The van der Waals surface area contributed by atoms with E-state index in [1.807, 2.05) is 5.43 Å². The lowest BCUT2D eigenvalue weighted by Gasteiger charge is -2.09. The molecule has 0 radical (unpaired) electrons. The summed E-state index contributed by atoms with van der Waals surface area (Å²) in [5, 5.41) is 17.5. The lowest BCUT2D eigenvalue weighted by Crippen LogP contribution is -2.32. The van der Waals surface area contributed by atoms with Crippen molar-refractivity contribution >= 4 is 41.3 Å². The first-order valence-corrected chi connectivity index (χ1v) is 7.99. The fraction of sp³-hybridized carbons (Fsp3) is 0.111. The summed E-state index contributed by atoms with van der Waals surface area (Å²) in [5.74, 6) is -3.22. The summed E-state index contributed by atoms with van der Waals surface area (Å²) in [7, 11) is 1.33. The van der Waals surface area contributed by atoms with E-state index >= 15 is 0 Å². The number of ether oxygens (including phenoxy) is 1. The Balaban J connectivity index is 1.99. The molecule has 0 aliphatic rings. The monoisotopic (exact) mass is 388 g/mol. The maximum Gasteiger partial charge on any atom is 0.329 e. The number of benzene rings is 2. The van der Waals surface area contributed by atoms with Gasteiger partial charge >= 0.3 is 11.8 Å². The number of anilines is 1. The molecule has 0 atom stereocenters. The molecule has 140 valence electrons. The van der Waals surface area contributed by atoms with Gasteiger partial charge in [-0.25, -0.2) is 5.43 Å². The van der Waals surface area contributed by atoms with Gasteiger partial charge in [-0.15, -0.1) is 0 Å². The maximum atomic E-state index is 11.8. The summed E-state index contributed by atoms with van der Waals surface area (Å²) in [5.41, 5.74) is 3.44. The van der Waals surface area contributed by atoms with Crippen LogP contribution in [0.3, 0.4) is 0 Å². The van der Waals surface area contributed by atoms with Crippen molar-refractivity contribution < 1.29 is 24.2 Å². The molecule has 0 aliphatic heterocycles. The molecule has 0 saturated carbocycles. The van der Waals surface area contributed by atoms with Crippen LogP contribution in [0.4, 0.5) is 5.69 Å². The van der Waals surface area contributed by atoms with E-state index in [1.54, 1.807) is 19.1 Å². The quantitative estimate of drug-likeness (QED) is 0.451. The zero-order chi connectivity index (χ0) is 20.0.